The number of phenolic OH excluding ortho intramolecular Hbond substituents is 1. The van der Waals surface area contributed by atoms with Gasteiger partial charge in [-0.15, -0.1) is 0 Å². The largest absolute Gasteiger partial charge is 0.504 e. The lowest BCUT2D eigenvalue weighted by Gasteiger charge is -2.10. The Kier molecular flexibility index (Phi) is 6.26. The Hall–Kier alpha value is -2.50. The number of carbonyl (C=O) groups is 2. The van der Waals surface area contributed by atoms with Gasteiger partial charge in [-0.05, 0) is 37.6 Å². The summed E-state index contributed by atoms with van der Waals surface area (Å²) in [6.45, 7) is 3.76. The molecule has 0 heterocycles. The molecule has 0 radical (unpaired) electrons. The van der Waals surface area contributed by atoms with E-state index in [0.717, 1.165) is 0 Å². The first-order valence-corrected chi connectivity index (χ1v) is 6.51. The number of aromatic hydroxyl groups is 1. The monoisotopic (exact) mass is 293 g/mol. The van der Waals surface area contributed by atoms with Crippen LogP contribution in [0.3, 0.4) is 0 Å². The molecule has 0 unspecified atom stereocenters. The highest BCUT2D eigenvalue weighted by molar-refractivity contribution is 5.90. The Balaban J connectivity index is 2.64. The van der Waals surface area contributed by atoms with Gasteiger partial charge >= 0.3 is 5.97 Å². The number of amides is 1. The van der Waals surface area contributed by atoms with Crippen LogP contribution in [0.5, 0.6) is 11.5 Å². The van der Waals surface area contributed by atoms with Gasteiger partial charge in [0.05, 0.1) is 7.11 Å². The normalized spacial score (nSPS) is 12.0. The highest BCUT2D eigenvalue weighted by atomic mass is 16.5. The first kappa shape index (κ1) is 16.6. The molecule has 0 aliphatic heterocycles. The predicted molar refractivity (Wildman–Crippen MR) is 77.9 cm³/mol. The number of hydrogen-bond donors (Lipinski definition) is 2. The predicted octanol–water partition coefficient (Wildman–Crippen LogP) is 1.48. The van der Waals surface area contributed by atoms with E-state index in [4.69, 9.17) is 9.47 Å². The number of benzene rings is 1. The van der Waals surface area contributed by atoms with E-state index < -0.39 is 12.1 Å². The molecule has 114 valence electrons. The van der Waals surface area contributed by atoms with Crippen LogP contribution in [0, 0.1) is 0 Å². The maximum absolute atomic E-state index is 11.6. The summed E-state index contributed by atoms with van der Waals surface area (Å²) in [5.41, 5.74) is 0.660. The van der Waals surface area contributed by atoms with Crippen molar-refractivity contribution in [1.29, 1.82) is 0 Å². The number of hydrogen-bond acceptors (Lipinski definition) is 5. The molecule has 0 aromatic heterocycles. The molecule has 0 saturated carbocycles. The third-order valence-electron chi connectivity index (χ3n) is 2.63. The summed E-state index contributed by atoms with van der Waals surface area (Å²) in [4.78, 5) is 23.0. The summed E-state index contributed by atoms with van der Waals surface area (Å²) >= 11 is 0. The highest BCUT2D eigenvalue weighted by Crippen LogP contribution is 2.26. The van der Waals surface area contributed by atoms with Crippen molar-refractivity contribution in [3.05, 3.63) is 29.8 Å². The van der Waals surface area contributed by atoms with E-state index in [1.165, 1.54) is 32.3 Å². The average Bonchev–Trinajstić information content (AvgIpc) is 2.46. The topological polar surface area (TPSA) is 84.9 Å². The van der Waals surface area contributed by atoms with Gasteiger partial charge in [0.2, 0.25) is 0 Å². The minimum Gasteiger partial charge on any atom is -0.504 e. The van der Waals surface area contributed by atoms with Gasteiger partial charge in [-0.25, -0.2) is 4.79 Å². The molecule has 1 rings (SSSR count). The lowest BCUT2D eigenvalue weighted by molar-refractivity contribution is -0.150. The van der Waals surface area contributed by atoms with Crippen LogP contribution in [0.2, 0.25) is 0 Å². The van der Waals surface area contributed by atoms with Crippen LogP contribution in [-0.4, -0.2) is 36.7 Å². The molecule has 6 nitrogen and oxygen atoms in total. The molecule has 1 atom stereocenters. The molecule has 0 bridgehead atoms. The first-order chi connectivity index (χ1) is 9.97. The zero-order chi connectivity index (χ0) is 15.8. The van der Waals surface area contributed by atoms with Gasteiger partial charge in [-0.1, -0.05) is 6.07 Å². The Bertz CT molecular complexity index is 539. The lowest BCUT2D eigenvalue weighted by atomic mass is 10.2. The fourth-order valence-electron chi connectivity index (χ4n) is 1.55. The fraction of sp³-hybridized carbons (Fsp3) is 0.333. The zero-order valence-electron chi connectivity index (χ0n) is 12.3. The van der Waals surface area contributed by atoms with Crippen LogP contribution in [0.1, 0.15) is 19.4 Å². The summed E-state index contributed by atoms with van der Waals surface area (Å²) < 4.78 is 9.91. The lowest BCUT2D eigenvalue weighted by Crippen LogP contribution is -2.35. The molecule has 0 aliphatic rings. The van der Waals surface area contributed by atoms with Gasteiger partial charge in [-0.3, -0.25) is 4.79 Å². The Labute approximate surface area is 123 Å². The van der Waals surface area contributed by atoms with Gasteiger partial charge in [0.1, 0.15) is 0 Å². The minimum absolute atomic E-state index is 0.0158. The van der Waals surface area contributed by atoms with Crippen LogP contribution < -0.4 is 10.1 Å². The second-order valence-corrected chi connectivity index (χ2v) is 4.24. The number of esters is 1. The second kappa shape index (κ2) is 7.94. The van der Waals surface area contributed by atoms with E-state index in [1.807, 2.05) is 0 Å². The number of likely N-dealkylation sites (N-methyl/N-ethyl adjacent to an activating group) is 1. The van der Waals surface area contributed by atoms with Crippen LogP contribution >= 0.6 is 0 Å². The van der Waals surface area contributed by atoms with Crippen molar-refractivity contribution < 1.29 is 24.2 Å². The molecule has 0 saturated heterocycles. The van der Waals surface area contributed by atoms with Crippen molar-refractivity contribution in [2.45, 2.75) is 20.0 Å². The number of ether oxygens (including phenoxy) is 2. The van der Waals surface area contributed by atoms with E-state index in [2.05, 4.69) is 5.32 Å². The number of rotatable bonds is 6. The summed E-state index contributed by atoms with van der Waals surface area (Å²) in [6.07, 6.45) is 1.87. The van der Waals surface area contributed by atoms with Gasteiger partial charge in [0, 0.05) is 12.6 Å². The van der Waals surface area contributed by atoms with E-state index in [9.17, 15) is 14.7 Å². The molecule has 1 aromatic carbocycles. The molecular weight excluding hydrogens is 274 g/mol. The number of nitrogens with one attached hydrogen (secondary N) is 1. The molecule has 1 amide bonds. The third-order valence-corrected chi connectivity index (χ3v) is 2.63. The van der Waals surface area contributed by atoms with Crippen LogP contribution in [0.25, 0.3) is 6.08 Å². The van der Waals surface area contributed by atoms with Crippen molar-refractivity contribution in [2.24, 2.45) is 0 Å². The average molecular weight is 293 g/mol. The van der Waals surface area contributed by atoms with Crippen molar-refractivity contribution in [2.75, 3.05) is 13.7 Å². The molecule has 6 heteroatoms. The SMILES string of the molecule is CCNC(=O)[C@H](C)OC(=O)/C=C/c1ccc(O)c(OC)c1. The van der Waals surface area contributed by atoms with E-state index >= 15 is 0 Å². The summed E-state index contributed by atoms with van der Waals surface area (Å²) in [5, 5.41) is 12.0. The molecular formula is C15H19NO5. The van der Waals surface area contributed by atoms with Crippen LogP contribution in [0.4, 0.5) is 0 Å². The van der Waals surface area contributed by atoms with Gasteiger partial charge in [0.15, 0.2) is 17.6 Å². The van der Waals surface area contributed by atoms with Crippen LogP contribution in [-0.2, 0) is 14.3 Å². The molecule has 0 fully saturated rings. The molecule has 0 aliphatic carbocycles. The maximum atomic E-state index is 11.6. The van der Waals surface area contributed by atoms with Crippen molar-refractivity contribution >= 4 is 18.0 Å². The number of carbonyl (C=O) groups excluding carboxylic acids is 2. The van der Waals surface area contributed by atoms with E-state index in [0.29, 0.717) is 17.9 Å². The van der Waals surface area contributed by atoms with Crippen molar-refractivity contribution in [3.8, 4) is 11.5 Å². The number of methoxy groups -OCH3 is 1. The summed E-state index contributed by atoms with van der Waals surface area (Å²) in [6, 6.07) is 4.66. The molecule has 0 spiro atoms. The van der Waals surface area contributed by atoms with E-state index in [1.54, 1.807) is 19.1 Å². The number of phenols is 1. The standard InChI is InChI=1S/C15H19NO5/c1-4-16-15(19)10(2)21-14(18)8-6-11-5-7-12(17)13(9-11)20-3/h5-10,17H,4H2,1-3H3,(H,16,19)/b8-6+/t10-/m0/s1. The maximum Gasteiger partial charge on any atom is 0.331 e. The van der Waals surface area contributed by atoms with Gasteiger partial charge < -0.3 is 19.9 Å². The van der Waals surface area contributed by atoms with Crippen molar-refractivity contribution in [3.63, 3.8) is 0 Å². The minimum atomic E-state index is -0.851. The fourth-order valence-corrected chi connectivity index (χ4v) is 1.55. The Morgan fingerprint density at radius 2 is 2.14 bits per heavy atom. The quantitative estimate of drug-likeness (QED) is 0.613. The van der Waals surface area contributed by atoms with Crippen molar-refractivity contribution in [1.82, 2.24) is 5.32 Å². The van der Waals surface area contributed by atoms with Gasteiger partial charge in [0.25, 0.3) is 5.91 Å². The van der Waals surface area contributed by atoms with Gasteiger partial charge in [-0.2, -0.15) is 0 Å². The summed E-state index contributed by atoms with van der Waals surface area (Å²) in [5.74, 6) is -0.644. The zero-order valence-corrected chi connectivity index (χ0v) is 12.3. The van der Waals surface area contributed by atoms with Crippen LogP contribution in [0.15, 0.2) is 24.3 Å². The Morgan fingerprint density at radius 3 is 2.76 bits per heavy atom. The second-order valence-electron chi connectivity index (χ2n) is 4.24. The third kappa shape index (κ3) is 5.18. The molecule has 1 aromatic rings. The Morgan fingerprint density at radius 1 is 1.43 bits per heavy atom. The molecule has 2 N–H and O–H groups in total. The van der Waals surface area contributed by atoms with E-state index in [-0.39, 0.29) is 11.7 Å². The highest BCUT2D eigenvalue weighted by Gasteiger charge is 2.15. The smallest absolute Gasteiger partial charge is 0.331 e. The molecule has 21 heavy (non-hydrogen) atoms. The summed E-state index contributed by atoms with van der Waals surface area (Å²) in [7, 11) is 1.44. The first-order valence-electron chi connectivity index (χ1n) is 6.51.